The van der Waals surface area contributed by atoms with E-state index >= 15 is 0 Å². The van der Waals surface area contributed by atoms with Crippen LogP contribution in [0.4, 0.5) is 0 Å². The molecule has 0 aliphatic heterocycles. The molecule has 1 rings (SSSR count). The zero-order chi connectivity index (χ0) is 13.7. The molecule has 1 heterocycles. The topological polar surface area (TPSA) is 58.4 Å². The molecule has 0 aliphatic rings. The van der Waals surface area contributed by atoms with Gasteiger partial charge in [0.2, 0.25) is 0 Å². The van der Waals surface area contributed by atoms with Crippen LogP contribution in [0.2, 0.25) is 5.02 Å². The number of carbonyl (C=O) groups is 1. The van der Waals surface area contributed by atoms with Crippen LogP contribution in [0.5, 0.6) is 0 Å². The number of rotatable bonds is 7. The van der Waals surface area contributed by atoms with E-state index < -0.39 is 5.97 Å². The zero-order valence-corrected chi connectivity index (χ0v) is 11.9. The average Bonchev–Trinajstić information content (AvgIpc) is 2.56. The molecule has 5 nitrogen and oxygen atoms in total. The second kappa shape index (κ2) is 6.75. The summed E-state index contributed by atoms with van der Waals surface area (Å²) in [6, 6.07) is 0. The Balaban J connectivity index is 2.85. The van der Waals surface area contributed by atoms with Crippen molar-refractivity contribution in [1.29, 1.82) is 0 Å². The lowest BCUT2D eigenvalue weighted by Crippen LogP contribution is -2.30. The lowest BCUT2D eigenvalue weighted by molar-refractivity contribution is -0.138. The summed E-state index contributed by atoms with van der Waals surface area (Å²) in [5.74, 6) is -0.822. The summed E-state index contributed by atoms with van der Waals surface area (Å²) < 4.78 is 1.74. The lowest BCUT2D eigenvalue weighted by Gasteiger charge is -2.19. The van der Waals surface area contributed by atoms with Gasteiger partial charge in [-0.15, -0.1) is 0 Å². The second-order valence-corrected chi connectivity index (χ2v) is 4.67. The molecule has 0 atom stereocenters. The molecule has 0 spiro atoms. The third kappa shape index (κ3) is 3.71. The molecule has 0 saturated carbocycles. The van der Waals surface area contributed by atoms with Crippen LogP contribution >= 0.6 is 11.6 Å². The smallest absolute Gasteiger partial charge is 0.317 e. The molecule has 18 heavy (non-hydrogen) atoms. The van der Waals surface area contributed by atoms with Gasteiger partial charge in [0.05, 0.1) is 23.0 Å². The number of hydrogen-bond acceptors (Lipinski definition) is 3. The van der Waals surface area contributed by atoms with Gasteiger partial charge in [-0.2, -0.15) is 5.10 Å². The Morgan fingerprint density at radius 2 is 2.17 bits per heavy atom. The Bertz CT molecular complexity index is 418. The number of halogens is 1. The zero-order valence-electron chi connectivity index (χ0n) is 11.1. The van der Waals surface area contributed by atoms with Crippen LogP contribution in [0.25, 0.3) is 0 Å². The molecule has 0 amide bonds. The van der Waals surface area contributed by atoms with Gasteiger partial charge in [-0.25, -0.2) is 0 Å². The highest BCUT2D eigenvalue weighted by molar-refractivity contribution is 6.31. The van der Waals surface area contributed by atoms with Crippen molar-refractivity contribution in [3.8, 4) is 0 Å². The van der Waals surface area contributed by atoms with Crippen molar-refractivity contribution in [1.82, 2.24) is 14.7 Å². The van der Waals surface area contributed by atoms with Crippen LogP contribution in [0.3, 0.4) is 0 Å². The van der Waals surface area contributed by atoms with Crippen LogP contribution in [-0.4, -0.2) is 38.8 Å². The molecular formula is C12H20ClN3O2. The van der Waals surface area contributed by atoms with Gasteiger partial charge in [0, 0.05) is 13.6 Å². The van der Waals surface area contributed by atoms with Crippen LogP contribution in [0, 0.1) is 0 Å². The third-order valence-corrected chi connectivity index (χ3v) is 3.21. The normalized spacial score (nSPS) is 11.2. The quantitative estimate of drug-likeness (QED) is 0.825. The van der Waals surface area contributed by atoms with E-state index in [1.54, 1.807) is 4.68 Å². The van der Waals surface area contributed by atoms with Gasteiger partial charge < -0.3 is 5.11 Å². The van der Waals surface area contributed by atoms with Crippen molar-refractivity contribution in [3.63, 3.8) is 0 Å². The van der Waals surface area contributed by atoms with E-state index in [1.807, 2.05) is 25.8 Å². The van der Waals surface area contributed by atoms with Gasteiger partial charge in [0.25, 0.3) is 0 Å². The first kappa shape index (κ1) is 15.0. The molecule has 0 bridgehead atoms. The SMILES string of the molecule is CCCN(CC(=O)O)Cc1c(Cl)c(CC)nn1C. The Hall–Kier alpha value is -1.07. The van der Waals surface area contributed by atoms with Crippen molar-refractivity contribution in [2.45, 2.75) is 33.2 Å². The van der Waals surface area contributed by atoms with E-state index in [0.29, 0.717) is 11.6 Å². The Kier molecular flexibility index (Phi) is 5.62. The number of aryl methyl sites for hydroxylation is 2. The standard InChI is InChI=1S/C12H20ClN3O2/c1-4-6-16(8-11(17)18)7-10-12(13)9(5-2)14-15(10)3/h4-8H2,1-3H3,(H,17,18). The van der Waals surface area contributed by atoms with E-state index in [1.165, 1.54) is 0 Å². The van der Waals surface area contributed by atoms with Gasteiger partial charge in [0.15, 0.2) is 0 Å². The minimum absolute atomic E-state index is 0.0246. The largest absolute Gasteiger partial charge is 0.480 e. The number of carboxylic acid groups (broad SMARTS) is 1. The molecule has 0 aliphatic carbocycles. The molecule has 6 heteroatoms. The van der Waals surface area contributed by atoms with Gasteiger partial charge in [-0.05, 0) is 19.4 Å². The van der Waals surface area contributed by atoms with E-state index in [0.717, 1.165) is 30.8 Å². The van der Waals surface area contributed by atoms with Gasteiger partial charge in [0.1, 0.15) is 0 Å². The first-order valence-corrected chi connectivity index (χ1v) is 6.51. The summed E-state index contributed by atoms with van der Waals surface area (Å²) in [5.41, 5.74) is 1.74. The summed E-state index contributed by atoms with van der Waals surface area (Å²) in [7, 11) is 1.84. The minimum Gasteiger partial charge on any atom is -0.480 e. The summed E-state index contributed by atoms with van der Waals surface area (Å²) in [6.45, 7) is 5.30. The molecule has 0 unspecified atom stereocenters. The number of aromatic nitrogens is 2. The number of hydrogen-bond donors (Lipinski definition) is 1. The maximum absolute atomic E-state index is 10.8. The van der Waals surface area contributed by atoms with Gasteiger partial charge in [-0.3, -0.25) is 14.4 Å². The van der Waals surface area contributed by atoms with E-state index in [9.17, 15) is 4.79 Å². The van der Waals surface area contributed by atoms with Crippen molar-refractivity contribution in [2.75, 3.05) is 13.1 Å². The highest BCUT2D eigenvalue weighted by atomic mass is 35.5. The highest BCUT2D eigenvalue weighted by Crippen LogP contribution is 2.22. The molecule has 0 aromatic carbocycles. The van der Waals surface area contributed by atoms with Crippen molar-refractivity contribution < 1.29 is 9.90 Å². The molecule has 1 aromatic heterocycles. The predicted octanol–water partition coefficient (Wildman–Crippen LogP) is 1.93. The number of carboxylic acids is 1. The molecule has 0 fully saturated rings. The van der Waals surface area contributed by atoms with Crippen LogP contribution < -0.4 is 0 Å². The van der Waals surface area contributed by atoms with Crippen LogP contribution in [-0.2, 0) is 24.8 Å². The van der Waals surface area contributed by atoms with E-state index in [4.69, 9.17) is 16.7 Å². The Morgan fingerprint density at radius 1 is 1.50 bits per heavy atom. The maximum Gasteiger partial charge on any atom is 0.317 e. The highest BCUT2D eigenvalue weighted by Gasteiger charge is 2.17. The Labute approximate surface area is 112 Å². The fourth-order valence-corrected chi connectivity index (χ4v) is 2.28. The molecule has 1 aromatic rings. The third-order valence-electron chi connectivity index (χ3n) is 2.78. The molecule has 102 valence electrons. The first-order chi connectivity index (χ1) is 8.49. The fraction of sp³-hybridized carbons (Fsp3) is 0.667. The van der Waals surface area contributed by atoms with Gasteiger partial charge in [-0.1, -0.05) is 25.4 Å². The summed E-state index contributed by atoms with van der Waals surface area (Å²) >= 11 is 6.25. The number of aliphatic carboxylic acids is 1. The summed E-state index contributed by atoms with van der Waals surface area (Å²) in [6.07, 6.45) is 1.68. The first-order valence-electron chi connectivity index (χ1n) is 6.13. The van der Waals surface area contributed by atoms with Crippen molar-refractivity contribution in [3.05, 3.63) is 16.4 Å². The maximum atomic E-state index is 10.8. The number of nitrogens with zero attached hydrogens (tertiary/aromatic N) is 3. The predicted molar refractivity (Wildman–Crippen MR) is 70.8 cm³/mol. The van der Waals surface area contributed by atoms with Crippen molar-refractivity contribution in [2.24, 2.45) is 7.05 Å². The molecular weight excluding hydrogens is 254 g/mol. The molecule has 1 N–H and O–H groups in total. The summed E-state index contributed by atoms with van der Waals surface area (Å²) in [5, 5.41) is 13.9. The molecule has 0 radical (unpaired) electrons. The van der Waals surface area contributed by atoms with Crippen molar-refractivity contribution >= 4 is 17.6 Å². The second-order valence-electron chi connectivity index (χ2n) is 4.29. The van der Waals surface area contributed by atoms with Crippen LogP contribution in [0.1, 0.15) is 31.7 Å². The molecule has 0 saturated heterocycles. The van der Waals surface area contributed by atoms with Gasteiger partial charge >= 0.3 is 5.97 Å². The minimum atomic E-state index is -0.822. The summed E-state index contributed by atoms with van der Waals surface area (Å²) in [4.78, 5) is 12.7. The fourth-order valence-electron chi connectivity index (χ4n) is 1.92. The van der Waals surface area contributed by atoms with Crippen LogP contribution in [0.15, 0.2) is 0 Å². The average molecular weight is 274 g/mol. The Morgan fingerprint density at radius 3 is 2.61 bits per heavy atom. The lowest BCUT2D eigenvalue weighted by atomic mass is 10.2. The van der Waals surface area contributed by atoms with E-state index in [-0.39, 0.29) is 6.54 Å². The monoisotopic (exact) mass is 273 g/mol. The van der Waals surface area contributed by atoms with E-state index in [2.05, 4.69) is 5.10 Å².